The number of aliphatic carboxylic acids is 2. The largest absolute Gasteiger partial charge is 0.478 e. The number of halogens is 1. The van der Waals surface area contributed by atoms with Crippen molar-refractivity contribution in [2.45, 2.75) is 38.0 Å². The van der Waals surface area contributed by atoms with Crippen LogP contribution >= 0.6 is 11.6 Å². The van der Waals surface area contributed by atoms with Gasteiger partial charge in [0.1, 0.15) is 0 Å². The van der Waals surface area contributed by atoms with E-state index in [0.29, 0.717) is 18.2 Å². The van der Waals surface area contributed by atoms with E-state index in [1.807, 2.05) is 18.2 Å². The predicted octanol–water partition coefficient (Wildman–Crippen LogP) is 2.57. The summed E-state index contributed by atoms with van der Waals surface area (Å²) in [6, 6.07) is 8.61. The number of nitrogens with zero attached hydrogens (tertiary/aromatic N) is 1. The first-order valence-electron chi connectivity index (χ1n) is 7.50. The molecule has 0 saturated carbocycles. The Labute approximate surface area is 146 Å². The molecule has 1 fully saturated rings. The third-order valence-corrected chi connectivity index (χ3v) is 4.13. The van der Waals surface area contributed by atoms with Gasteiger partial charge in [0, 0.05) is 29.3 Å². The molecule has 1 aliphatic rings. The number of aliphatic hydroxyl groups is 1. The van der Waals surface area contributed by atoms with Gasteiger partial charge in [-0.05, 0) is 44.5 Å². The number of carboxylic acids is 2. The van der Waals surface area contributed by atoms with Gasteiger partial charge in [-0.15, -0.1) is 0 Å². The molecule has 3 N–H and O–H groups in total. The molecule has 0 spiro atoms. The number of hydrogen-bond acceptors (Lipinski definition) is 4. The zero-order chi connectivity index (χ0) is 18.3. The van der Waals surface area contributed by atoms with Crippen LogP contribution in [0.1, 0.15) is 31.4 Å². The normalized spacial score (nSPS) is 24.2. The summed E-state index contributed by atoms with van der Waals surface area (Å²) in [4.78, 5) is 21.4. The van der Waals surface area contributed by atoms with Crippen LogP contribution in [0.4, 0.5) is 0 Å². The lowest BCUT2D eigenvalue weighted by molar-refractivity contribution is -0.134. The minimum Gasteiger partial charge on any atom is -0.478 e. The Hall–Kier alpha value is -1.89. The lowest BCUT2D eigenvalue weighted by Gasteiger charge is -2.40. The molecule has 1 aromatic carbocycles. The van der Waals surface area contributed by atoms with Crippen molar-refractivity contribution in [2.24, 2.45) is 0 Å². The number of carboxylic acid groups (broad SMARTS) is 2. The highest BCUT2D eigenvalue weighted by Crippen LogP contribution is 2.33. The molecule has 0 amide bonds. The fourth-order valence-electron chi connectivity index (χ4n) is 2.62. The summed E-state index contributed by atoms with van der Waals surface area (Å²) in [5.74, 6) is -2.51. The van der Waals surface area contributed by atoms with E-state index in [-0.39, 0.29) is 12.1 Å². The number of rotatable bonds is 3. The summed E-state index contributed by atoms with van der Waals surface area (Å²) in [7, 11) is 2.11. The van der Waals surface area contributed by atoms with Gasteiger partial charge in [-0.1, -0.05) is 23.7 Å². The second kappa shape index (κ2) is 9.42. The molecule has 6 nitrogen and oxygen atoms in total. The molecule has 132 valence electrons. The van der Waals surface area contributed by atoms with Gasteiger partial charge in [0.05, 0.1) is 6.10 Å². The van der Waals surface area contributed by atoms with Crippen LogP contribution in [0.3, 0.4) is 0 Å². The average molecular weight is 356 g/mol. The summed E-state index contributed by atoms with van der Waals surface area (Å²) in [6.07, 6.45) is 2.56. The van der Waals surface area contributed by atoms with Gasteiger partial charge in [0.2, 0.25) is 0 Å². The van der Waals surface area contributed by atoms with Crippen LogP contribution in [-0.2, 0) is 9.59 Å². The Morgan fingerprint density at radius 3 is 2.29 bits per heavy atom. The van der Waals surface area contributed by atoms with Crippen LogP contribution in [-0.4, -0.2) is 51.4 Å². The molecular formula is C17H22ClNO5. The van der Waals surface area contributed by atoms with Crippen molar-refractivity contribution in [1.82, 2.24) is 4.90 Å². The SMILES string of the molecule is C[C@@H]1C[C@H](O)C[C@H](c2cccc(Cl)c2)N1C.O=C(O)/C=C/C(=O)O. The predicted molar refractivity (Wildman–Crippen MR) is 91.1 cm³/mol. The van der Waals surface area contributed by atoms with Crippen LogP contribution in [0.2, 0.25) is 5.02 Å². The van der Waals surface area contributed by atoms with E-state index in [9.17, 15) is 14.7 Å². The number of hydrogen-bond donors (Lipinski definition) is 3. The van der Waals surface area contributed by atoms with Crippen molar-refractivity contribution in [3.63, 3.8) is 0 Å². The first-order chi connectivity index (χ1) is 11.2. The molecule has 1 aromatic rings. The molecule has 1 saturated heterocycles. The maximum Gasteiger partial charge on any atom is 0.328 e. The summed E-state index contributed by atoms with van der Waals surface area (Å²) in [5, 5.41) is 26.2. The molecule has 0 aromatic heterocycles. The van der Waals surface area contributed by atoms with E-state index < -0.39 is 11.9 Å². The van der Waals surface area contributed by atoms with Crippen LogP contribution in [0.5, 0.6) is 0 Å². The maximum atomic E-state index is 9.84. The number of likely N-dealkylation sites (tertiary alicyclic amines) is 1. The Kier molecular flexibility index (Phi) is 7.91. The van der Waals surface area contributed by atoms with Crippen molar-refractivity contribution < 1.29 is 24.9 Å². The third kappa shape index (κ3) is 6.70. The van der Waals surface area contributed by atoms with Gasteiger partial charge in [0.15, 0.2) is 0 Å². The van der Waals surface area contributed by atoms with Gasteiger partial charge < -0.3 is 15.3 Å². The Morgan fingerprint density at radius 2 is 1.79 bits per heavy atom. The minimum atomic E-state index is -1.26. The molecule has 0 unspecified atom stereocenters. The molecule has 3 atom stereocenters. The highest BCUT2D eigenvalue weighted by atomic mass is 35.5. The number of piperidine rings is 1. The first-order valence-corrected chi connectivity index (χ1v) is 7.88. The molecule has 2 rings (SSSR count). The first kappa shape index (κ1) is 20.2. The lowest BCUT2D eigenvalue weighted by Crippen LogP contribution is -2.42. The van der Waals surface area contributed by atoms with Crippen LogP contribution in [0.25, 0.3) is 0 Å². The molecule has 0 radical (unpaired) electrons. The molecule has 0 bridgehead atoms. The lowest BCUT2D eigenvalue weighted by atomic mass is 9.90. The molecule has 1 aliphatic heterocycles. The van der Waals surface area contributed by atoms with Crippen molar-refractivity contribution >= 4 is 23.5 Å². The molecule has 24 heavy (non-hydrogen) atoms. The van der Waals surface area contributed by atoms with Gasteiger partial charge >= 0.3 is 11.9 Å². The van der Waals surface area contributed by atoms with E-state index in [4.69, 9.17) is 21.8 Å². The van der Waals surface area contributed by atoms with Gasteiger partial charge in [-0.2, -0.15) is 0 Å². The molecule has 7 heteroatoms. The highest BCUT2D eigenvalue weighted by molar-refractivity contribution is 6.30. The standard InChI is InChI=1S/C13H18ClNO.C4H4O4/c1-9-6-12(16)8-13(15(9)2)10-4-3-5-11(14)7-10;5-3(6)1-2-4(7)8/h3-5,7,9,12-13,16H,6,8H2,1-2H3;1-2H,(H,5,6)(H,7,8)/b;2-1+/t9-,12+,13-;/m1./s1. The topological polar surface area (TPSA) is 98.1 Å². The Morgan fingerprint density at radius 1 is 1.21 bits per heavy atom. The second-order valence-electron chi connectivity index (χ2n) is 5.72. The molecular weight excluding hydrogens is 334 g/mol. The van der Waals surface area contributed by atoms with Crippen LogP contribution in [0, 0.1) is 0 Å². The van der Waals surface area contributed by atoms with Crippen molar-refractivity contribution in [3.8, 4) is 0 Å². The smallest absolute Gasteiger partial charge is 0.328 e. The van der Waals surface area contributed by atoms with E-state index in [2.05, 4.69) is 24.9 Å². The number of benzene rings is 1. The number of carbonyl (C=O) groups is 2. The minimum absolute atomic E-state index is 0.199. The Bertz CT molecular complexity index is 588. The third-order valence-electron chi connectivity index (χ3n) is 3.90. The maximum absolute atomic E-state index is 9.84. The fourth-order valence-corrected chi connectivity index (χ4v) is 2.81. The summed E-state index contributed by atoms with van der Waals surface area (Å²) < 4.78 is 0. The fraction of sp³-hybridized carbons (Fsp3) is 0.412. The zero-order valence-corrected chi connectivity index (χ0v) is 14.3. The van der Waals surface area contributed by atoms with Gasteiger partial charge in [-0.3, -0.25) is 4.90 Å². The summed E-state index contributed by atoms with van der Waals surface area (Å²) in [6.45, 7) is 2.15. The van der Waals surface area contributed by atoms with Crippen molar-refractivity contribution in [3.05, 3.63) is 47.0 Å². The van der Waals surface area contributed by atoms with E-state index >= 15 is 0 Å². The van der Waals surface area contributed by atoms with E-state index in [1.54, 1.807) is 0 Å². The number of aliphatic hydroxyl groups excluding tert-OH is 1. The average Bonchev–Trinajstić information content (AvgIpc) is 2.49. The molecule has 0 aliphatic carbocycles. The van der Waals surface area contributed by atoms with Crippen molar-refractivity contribution in [1.29, 1.82) is 0 Å². The van der Waals surface area contributed by atoms with Gasteiger partial charge in [0.25, 0.3) is 0 Å². The monoisotopic (exact) mass is 355 g/mol. The summed E-state index contributed by atoms with van der Waals surface area (Å²) in [5.41, 5.74) is 1.20. The quantitative estimate of drug-likeness (QED) is 0.721. The van der Waals surface area contributed by atoms with Crippen molar-refractivity contribution in [2.75, 3.05) is 7.05 Å². The van der Waals surface area contributed by atoms with Crippen LogP contribution in [0.15, 0.2) is 36.4 Å². The van der Waals surface area contributed by atoms with E-state index in [1.165, 1.54) is 5.56 Å². The molecule has 1 heterocycles. The Balaban J connectivity index is 0.000000307. The van der Waals surface area contributed by atoms with Gasteiger partial charge in [-0.25, -0.2) is 9.59 Å². The highest BCUT2D eigenvalue weighted by Gasteiger charge is 2.30. The second-order valence-corrected chi connectivity index (χ2v) is 6.16. The summed E-state index contributed by atoms with van der Waals surface area (Å²) >= 11 is 6.00. The van der Waals surface area contributed by atoms with E-state index in [0.717, 1.165) is 17.9 Å². The van der Waals surface area contributed by atoms with Crippen LogP contribution < -0.4 is 0 Å². The zero-order valence-electron chi connectivity index (χ0n) is 13.6.